The molecule has 12 heavy (non-hydrogen) atoms. The molecular formula is C11H23N. The van der Waals surface area contributed by atoms with Gasteiger partial charge in [0.2, 0.25) is 0 Å². The molecule has 0 aliphatic rings. The van der Waals surface area contributed by atoms with Crippen LogP contribution in [0.2, 0.25) is 0 Å². The van der Waals surface area contributed by atoms with E-state index in [-0.39, 0.29) is 0 Å². The van der Waals surface area contributed by atoms with E-state index in [9.17, 15) is 0 Å². The monoisotopic (exact) mass is 169 g/mol. The molecule has 0 unspecified atom stereocenters. The maximum Gasteiger partial charge on any atom is 0.0132 e. The molecule has 0 saturated heterocycles. The van der Waals surface area contributed by atoms with Crippen molar-refractivity contribution >= 4 is 0 Å². The molecule has 1 heteroatoms. The van der Waals surface area contributed by atoms with Crippen molar-refractivity contribution in [1.29, 1.82) is 0 Å². The Balaban J connectivity index is 3.40. The SMILES string of the molecule is C=CCNCC(CCC)CCC. The van der Waals surface area contributed by atoms with E-state index < -0.39 is 0 Å². The first-order valence-electron chi connectivity index (χ1n) is 5.16. The molecule has 0 bridgehead atoms. The fourth-order valence-electron chi connectivity index (χ4n) is 1.55. The summed E-state index contributed by atoms with van der Waals surface area (Å²) in [7, 11) is 0. The van der Waals surface area contributed by atoms with Crippen LogP contribution in [-0.2, 0) is 0 Å². The third-order valence-corrected chi connectivity index (χ3v) is 2.12. The summed E-state index contributed by atoms with van der Waals surface area (Å²) in [6.07, 6.45) is 7.26. The van der Waals surface area contributed by atoms with Crippen LogP contribution in [0.4, 0.5) is 0 Å². The van der Waals surface area contributed by atoms with Crippen LogP contribution in [0.5, 0.6) is 0 Å². The van der Waals surface area contributed by atoms with Gasteiger partial charge in [0.25, 0.3) is 0 Å². The van der Waals surface area contributed by atoms with Crippen molar-refractivity contribution in [3.63, 3.8) is 0 Å². The van der Waals surface area contributed by atoms with Crippen LogP contribution in [0, 0.1) is 5.92 Å². The molecule has 0 aliphatic heterocycles. The van der Waals surface area contributed by atoms with Crippen molar-refractivity contribution in [2.24, 2.45) is 5.92 Å². The summed E-state index contributed by atoms with van der Waals surface area (Å²) >= 11 is 0. The van der Waals surface area contributed by atoms with Crippen LogP contribution in [-0.4, -0.2) is 13.1 Å². The molecule has 0 saturated carbocycles. The highest BCUT2D eigenvalue weighted by Crippen LogP contribution is 2.11. The van der Waals surface area contributed by atoms with Gasteiger partial charge in [-0.3, -0.25) is 0 Å². The van der Waals surface area contributed by atoms with Gasteiger partial charge < -0.3 is 5.32 Å². The van der Waals surface area contributed by atoms with Gasteiger partial charge in [0.05, 0.1) is 0 Å². The molecule has 1 nitrogen and oxygen atoms in total. The van der Waals surface area contributed by atoms with Crippen LogP contribution in [0.3, 0.4) is 0 Å². The van der Waals surface area contributed by atoms with E-state index in [0.29, 0.717) is 0 Å². The molecule has 0 heterocycles. The molecule has 0 aromatic carbocycles. The molecule has 0 aliphatic carbocycles. The summed E-state index contributed by atoms with van der Waals surface area (Å²) in [6.45, 7) is 10.3. The molecule has 0 amide bonds. The van der Waals surface area contributed by atoms with E-state index in [1.165, 1.54) is 25.7 Å². The third kappa shape index (κ3) is 6.41. The smallest absolute Gasteiger partial charge is 0.0132 e. The molecular weight excluding hydrogens is 146 g/mol. The second kappa shape index (κ2) is 8.79. The second-order valence-electron chi connectivity index (χ2n) is 3.39. The quantitative estimate of drug-likeness (QED) is 0.435. The van der Waals surface area contributed by atoms with E-state index in [1.54, 1.807) is 0 Å². The van der Waals surface area contributed by atoms with Gasteiger partial charge in [-0.25, -0.2) is 0 Å². The average molecular weight is 169 g/mol. The van der Waals surface area contributed by atoms with E-state index in [4.69, 9.17) is 0 Å². The predicted molar refractivity (Wildman–Crippen MR) is 56.4 cm³/mol. The van der Waals surface area contributed by atoms with Gasteiger partial charge in [-0.1, -0.05) is 32.8 Å². The van der Waals surface area contributed by atoms with E-state index in [0.717, 1.165) is 19.0 Å². The molecule has 0 spiro atoms. The lowest BCUT2D eigenvalue weighted by Gasteiger charge is -2.14. The second-order valence-corrected chi connectivity index (χ2v) is 3.39. The zero-order chi connectivity index (χ0) is 9.23. The fraction of sp³-hybridized carbons (Fsp3) is 0.818. The Hall–Kier alpha value is -0.300. The summed E-state index contributed by atoms with van der Waals surface area (Å²) in [5, 5.41) is 3.39. The lowest BCUT2D eigenvalue weighted by atomic mass is 9.98. The number of rotatable bonds is 8. The normalized spacial score (nSPS) is 10.6. The van der Waals surface area contributed by atoms with Crippen LogP contribution in [0.25, 0.3) is 0 Å². The number of hydrogen-bond donors (Lipinski definition) is 1. The summed E-state index contributed by atoms with van der Waals surface area (Å²) in [4.78, 5) is 0. The minimum Gasteiger partial charge on any atom is -0.313 e. The summed E-state index contributed by atoms with van der Waals surface area (Å²) < 4.78 is 0. The van der Waals surface area contributed by atoms with Gasteiger partial charge in [0, 0.05) is 6.54 Å². The first-order chi connectivity index (χ1) is 5.85. The minimum absolute atomic E-state index is 0.875. The molecule has 0 radical (unpaired) electrons. The van der Waals surface area contributed by atoms with Crippen LogP contribution in [0.1, 0.15) is 39.5 Å². The lowest BCUT2D eigenvalue weighted by molar-refractivity contribution is 0.418. The predicted octanol–water partition coefficient (Wildman–Crippen LogP) is 2.98. The standard InChI is InChI=1S/C11H23N/c1-4-7-11(8-5-2)10-12-9-6-3/h6,11-12H,3-5,7-10H2,1-2H3. The van der Waals surface area contributed by atoms with Crippen molar-refractivity contribution < 1.29 is 0 Å². The molecule has 0 aromatic rings. The first kappa shape index (κ1) is 11.7. The minimum atomic E-state index is 0.875. The molecule has 0 atom stereocenters. The highest BCUT2D eigenvalue weighted by Gasteiger charge is 2.04. The fourth-order valence-corrected chi connectivity index (χ4v) is 1.55. The van der Waals surface area contributed by atoms with Crippen LogP contribution < -0.4 is 5.32 Å². The largest absolute Gasteiger partial charge is 0.313 e. The van der Waals surface area contributed by atoms with Gasteiger partial charge in [0.15, 0.2) is 0 Å². The Bertz CT molecular complexity index is 93.2. The van der Waals surface area contributed by atoms with Crippen molar-refractivity contribution in [2.75, 3.05) is 13.1 Å². The molecule has 0 aromatic heterocycles. The number of hydrogen-bond acceptors (Lipinski definition) is 1. The summed E-state index contributed by atoms with van der Waals surface area (Å²) in [6, 6.07) is 0. The molecule has 0 rings (SSSR count). The lowest BCUT2D eigenvalue weighted by Crippen LogP contribution is -2.22. The van der Waals surface area contributed by atoms with Gasteiger partial charge in [-0.05, 0) is 25.3 Å². The highest BCUT2D eigenvalue weighted by molar-refractivity contribution is 4.71. The van der Waals surface area contributed by atoms with E-state index in [2.05, 4.69) is 25.7 Å². The molecule has 0 fully saturated rings. The van der Waals surface area contributed by atoms with Crippen molar-refractivity contribution in [3.8, 4) is 0 Å². The Morgan fingerprint density at radius 3 is 2.25 bits per heavy atom. The zero-order valence-electron chi connectivity index (χ0n) is 8.60. The maximum atomic E-state index is 3.69. The third-order valence-electron chi connectivity index (χ3n) is 2.12. The van der Waals surface area contributed by atoms with E-state index in [1.807, 2.05) is 6.08 Å². The van der Waals surface area contributed by atoms with Crippen LogP contribution in [0.15, 0.2) is 12.7 Å². The highest BCUT2D eigenvalue weighted by atomic mass is 14.8. The van der Waals surface area contributed by atoms with Crippen molar-refractivity contribution in [2.45, 2.75) is 39.5 Å². The van der Waals surface area contributed by atoms with Crippen molar-refractivity contribution in [1.82, 2.24) is 5.32 Å². The average Bonchev–Trinajstić information content (AvgIpc) is 2.06. The zero-order valence-corrected chi connectivity index (χ0v) is 8.60. The van der Waals surface area contributed by atoms with Gasteiger partial charge in [-0.2, -0.15) is 0 Å². The molecule has 72 valence electrons. The van der Waals surface area contributed by atoms with E-state index >= 15 is 0 Å². The Labute approximate surface area is 77.2 Å². The first-order valence-corrected chi connectivity index (χ1v) is 5.16. The Kier molecular flexibility index (Phi) is 8.57. The van der Waals surface area contributed by atoms with Gasteiger partial charge in [0.1, 0.15) is 0 Å². The summed E-state index contributed by atoms with van der Waals surface area (Å²) in [5.74, 6) is 0.875. The van der Waals surface area contributed by atoms with Gasteiger partial charge in [-0.15, -0.1) is 6.58 Å². The maximum absolute atomic E-state index is 3.69. The van der Waals surface area contributed by atoms with Crippen LogP contribution >= 0.6 is 0 Å². The molecule has 1 N–H and O–H groups in total. The topological polar surface area (TPSA) is 12.0 Å². The Morgan fingerprint density at radius 2 is 1.83 bits per heavy atom. The van der Waals surface area contributed by atoms with Crippen molar-refractivity contribution in [3.05, 3.63) is 12.7 Å². The van der Waals surface area contributed by atoms with Gasteiger partial charge >= 0.3 is 0 Å². The number of nitrogens with one attached hydrogen (secondary N) is 1. The Morgan fingerprint density at radius 1 is 1.25 bits per heavy atom. The summed E-state index contributed by atoms with van der Waals surface area (Å²) in [5.41, 5.74) is 0.